The van der Waals surface area contributed by atoms with Crippen molar-refractivity contribution in [1.82, 2.24) is 9.88 Å². The summed E-state index contributed by atoms with van der Waals surface area (Å²) in [5.41, 5.74) is 4.06. The van der Waals surface area contributed by atoms with E-state index < -0.39 is 0 Å². The normalized spacial score (nSPS) is 18.3. The molecular weight excluding hydrogens is 280 g/mol. The lowest BCUT2D eigenvalue weighted by atomic mass is 9.88. The summed E-state index contributed by atoms with van der Waals surface area (Å²) >= 11 is 0. The predicted octanol–water partition coefficient (Wildman–Crippen LogP) is 4.59. The lowest BCUT2D eigenvalue weighted by molar-refractivity contribution is 0.165. The van der Waals surface area contributed by atoms with Crippen LogP contribution in [0.4, 0.5) is 0 Å². The number of pyridine rings is 1. The second-order valence-electron chi connectivity index (χ2n) is 6.60. The summed E-state index contributed by atoms with van der Waals surface area (Å²) in [4.78, 5) is 7.40. The summed E-state index contributed by atoms with van der Waals surface area (Å²) in [6.45, 7) is 5.66. The Bertz CT molecular complexity index is 833. The molecule has 1 aliphatic rings. The molecule has 0 saturated carbocycles. The van der Waals surface area contributed by atoms with Gasteiger partial charge in [0.05, 0.1) is 11.7 Å². The van der Waals surface area contributed by atoms with E-state index in [1.165, 1.54) is 27.6 Å². The number of hydrogen-bond donors (Lipinski definition) is 0. The molecule has 0 bridgehead atoms. The quantitative estimate of drug-likeness (QED) is 0.688. The highest BCUT2D eigenvalue weighted by atomic mass is 15.2. The van der Waals surface area contributed by atoms with E-state index in [0.29, 0.717) is 6.04 Å². The molecule has 2 heterocycles. The van der Waals surface area contributed by atoms with E-state index in [2.05, 4.69) is 73.3 Å². The summed E-state index contributed by atoms with van der Waals surface area (Å²) in [6.07, 6.45) is 3.07. The van der Waals surface area contributed by atoms with Crippen molar-refractivity contribution in [2.24, 2.45) is 0 Å². The summed E-state index contributed by atoms with van der Waals surface area (Å²) in [5, 5.41) is 2.53. The molecule has 0 unspecified atom stereocenters. The molecule has 116 valence electrons. The third-order valence-corrected chi connectivity index (χ3v) is 4.95. The highest BCUT2D eigenvalue weighted by molar-refractivity contribution is 5.85. The number of fused-ring (bicyclic) bond motifs is 2. The molecule has 0 amide bonds. The molecule has 1 aliphatic heterocycles. The van der Waals surface area contributed by atoms with Crippen LogP contribution in [0, 0.1) is 0 Å². The Kier molecular flexibility index (Phi) is 3.62. The maximum absolute atomic E-state index is 4.82. The van der Waals surface area contributed by atoms with E-state index in [0.717, 1.165) is 13.0 Å². The van der Waals surface area contributed by atoms with Crippen LogP contribution >= 0.6 is 0 Å². The molecule has 1 aromatic heterocycles. The monoisotopic (exact) mass is 302 g/mol. The highest BCUT2D eigenvalue weighted by Crippen LogP contribution is 2.38. The van der Waals surface area contributed by atoms with Crippen molar-refractivity contribution in [3.63, 3.8) is 0 Å². The van der Waals surface area contributed by atoms with E-state index in [1.54, 1.807) is 0 Å². The van der Waals surface area contributed by atoms with Crippen molar-refractivity contribution in [2.45, 2.75) is 32.4 Å². The number of hydrogen-bond acceptors (Lipinski definition) is 2. The van der Waals surface area contributed by atoms with Gasteiger partial charge in [-0.3, -0.25) is 9.88 Å². The zero-order valence-corrected chi connectivity index (χ0v) is 13.7. The van der Waals surface area contributed by atoms with Crippen LogP contribution in [0.1, 0.15) is 36.7 Å². The van der Waals surface area contributed by atoms with Crippen LogP contribution in [0.15, 0.2) is 60.8 Å². The van der Waals surface area contributed by atoms with Gasteiger partial charge in [-0.25, -0.2) is 0 Å². The van der Waals surface area contributed by atoms with Crippen molar-refractivity contribution in [1.29, 1.82) is 0 Å². The highest BCUT2D eigenvalue weighted by Gasteiger charge is 2.31. The smallest absolute Gasteiger partial charge is 0.0787 e. The number of nitrogens with zero attached hydrogens (tertiary/aromatic N) is 2. The van der Waals surface area contributed by atoms with Crippen LogP contribution in [0.5, 0.6) is 0 Å². The van der Waals surface area contributed by atoms with Crippen LogP contribution in [-0.2, 0) is 6.42 Å². The molecule has 2 aromatic carbocycles. The SMILES string of the molecule is CC(C)N1CCc2ccccc2[C@@H]1c1nccc2ccccc12. The van der Waals surface area contributed by atoms with E-state index in [1.807, 2.05) is 6.20 Å². The topological polar surface area (TPSA) is 16.1 Å². The molecule has 1 atom stereocenters. The molecule has 2 heteroatoms. The van der Waals surface area contributed by atoms with Gasteiger partial charge in [-0.05, 0) is 42.8 Å². The van der Waals surface area contributed by atoms with Crippen LogP contribution in [0.3, 0.4) is 0 Å². The Labute approximate surface area is 137 Å². The van der Waals surface area contributed by atoms with E-state index in [4.69, 9.17) is 4.98 Å². The molecule has 0 saturated heterocycles. The number of aromatic nitrogens is 1. The van der Waals surface area contributed by atoms with Gasteiger partial charge in [0.1, 0.15) is 0 Å². The molecule has 0 fully saturated rings. The number of benzene rings is 2. The fourth-order valence-electron chi connectivity index (χ4n) is 3.81. The fraction of sp³-hybridized carbons (Fsp3) is 0.286. The third kappa shape index (κ3) is 2.43. The van der Waals surface area contributed by atoms with E-state index in [9.17, 15) is 0 Å². The summed E-state index contributed by atoms with van der Waals surface area (Å²) in [7, 11) is 0. The molecule has 0 spiro atoms. The fourth-order valence-corrected chi connectivity index (χ4v) is 3.81. The van der Waals surface area contributed by atoms with Crippen molar-refractivity contribution in [2.75, 3.05) is 6.54 Å². The number of rotatable bonds is 2. The Morgan fingerprint density at radius 1 is 1.00 bits per heavy atom. The second-order valence-corrected chi connectivity index (χ2v) is 6.60. The van der Waals surface area contributed by atoms with Crippen LogP contribution in [-0.4, -0.2) is 22.5 Å². The van der Waals surface area contributed by atoms with Crippen molar-refractivity contribution >= 4 is 10.8 Å². The first-order valence-electron chi connectivity index (χ1n) is 8.43. The molecule has 4 rings (SSSR count). The Morgan fingerprint density at radius 2 is 1.78 bits per heavy atom. The van der Waals surface area contributed by atoms with Gasteiger partial charge in [-0.2, -0.15) is 0 Å². The minimum Gasteiger partial charge on any atom is -0.288 e. The standard InChI is InChI=1S/C21H22N2/c1-15(2)23-14-12-17-8-4-6-10-19(17)21(23)20-18-9-5-3-7-16(18)11-13-22-20/h3-11,13,15,21H,12,14H2,1-2H3/t21-/m1/s1. The zero-order valence-electron chi connectivity index (χ0n) is 13.7. The van der Waals surface area contributed by atoms with Crippen molar-refractivity contribution in [3.05, 3.63) is 77.6 Å². The van der Waals surface area contributed by atoms with Gasteiger partial charge >= 0.3 is 0 Å². The van der Waals surface area contributed by atoms with Gasteiger partial charge in [0.15, 0.2) is 0 Å². The molecular formula is C21H22N2. The summed E-state index contributed by atoms with van der Waals surface area (Å²) in [6, 6.07) is 20.3. The van der Waals surface area contributed by atoms with Gasteiger partial charge in [0.25, 0.3) is 0 Å². The average Bonchev–Trinajstić information content (AvgIpc) is 2.60. The maximum Gasteiger partial charge on any atom is 0.0787 e. The van der Waals surface area contributed by atoms with Gasteiger partial charge < -0.3 is 0 Å². The van der Waals surface area contributed by atoms with Gasteiger partial charge in [-0.15, -0.1) is 0 Å². The van der Waals surface area contributed by atoms with Crippen LogP contribution in [0.2, 0.25) is 0 Å². The first-order valence-corrected chi connectivity index (χ1v) is 8.43. The first kappa shape index (κ1) is 14.4. The lowest BCUT2D eigenvalue weighted by Crippen LogP contribution is -2.41. The molecule has 3 aromatic rings. The largest absolute Gasteiger partial charge is 0.288 e. The van der Waals surface area contributed by atoms with Crippen molar-refractivity contribution < 1.29 is 0 Å². The third-order valence-electron chi connectivity index (χ3n) is 4.95. The molecule has 0 radical (unpaired) electrons. The molecule has 2 nitrogen and oxygen atoms in total. The zero-order chi connectivity index (χ0) is 15.8. The summed E-state index contributed by atoms with van der Waals surface area (Å²) < 4.78 is 0. The predicted molar refractivity (Wildman–Crippen MR) is 95.6 cm³/mol. The molecule has 23 heavy (non-hydrogen) atoms. The van der Waals surface area contributed by atoms with Gasteiger partial charge in [-0.1, -0.05) is 48.5 Å². The van der Waals surface area contributed by atoms with E-state index >= 15 is 0 Å². The Balaban J connectivity index is 1.96. The first-order chi connectivity index (χ1) is 11.3. The minimum absolute atomic E-state index is 0.242. The average molecular weight is 302 g/mol. The molecule has 0 N–H and O–H groups in total. The minimum atomic E-state index is 0.242. The van der Waals surface area contributed by atoms with Crippen LogP contribution < -0.4 is 0 Å². The Hall–Kier alpha value is -2.19. The van der Waals surface area contributed by atoms with Crippen molar-refractivity contribution in [3.8, 4) is 0 Å². The van der Waals surface area contributed by atoms with Crippen LogP contribution in [0.25, 0.3) is 10.8 Å². The molecule has 0 aliphatic carbocycles. The van der Waals surface area contributed by atoms with Gasteiger partial charge in [0, 0.05) is 24.2 Å². The lowest BCUT2D eigenvalue weighted by Gasteiger charge is -2.40. The van der Waals surface area contributed by atoms with E-state index in [-0.39, 0.29) is 6.04 Å². The second kappa shape index (κ2) is 5.78. The maximum atomic E-state index is 4.82. The van der Waals surface area contributed by atoms with Gasteiger partial charge in [0.2, 0.25) is 0 Å². The Morgan fingerprint density at radius 3 is 2.65 bits per heavy atom. The summed E-state index contributed by atoms with van der Waals surface area (Å²) in [5.74, 6) is 0.